The number of fused-ring (bicyclic) bond motifs is 2. The molecule has 0 radical (unpaired) electrons. The third kappa shape index (κ3) is 3.35. The van der Waals surface area contributed by atoms with Gasteiger partial charge in [0.15, 0.2) is 0 Å². The molecule has 0 saturated carbocycles. The van der Waals surface area contributed by atoms with Crippen molar-refractivity contribution in [2.45, 2.75) is 62.3 Å². The molecule has 2 aromatic carbocycles. The fraction of sp³-hybridized carbons (Fsp3) is 0.385. The van der Waals surface area contributed by atoms with Gasteiger partial charge in [0.2, 0.25) is 0 Å². The lowest BCUT2D eigenvalue weighted by molar-refractivity contribution is 0.305. The summed E-state index contributed by atoms with van der Waals surface area (Å²) in [5.41, 5.74) is 5.41. The second-order valence-electron chi connectivity index (χ2n) is 10.1. The van der Waals surface area contributed by atoms with Crippen LogP contribution >= 0.6 is 12.6 Å². The van der Waals surface area contributed by atoms with Gasteiger partial charge in [-0.1, -0.05) is 39.8 Å². The van der Waals surface area contributed by atoms with Gasteiger partial charge in [0.05, 0.1) is 11.3 Å². The molecule has 1 aliphatic carbocycles. The van der Waals surface area contributed by atoms with Crippen LogP contribution in [-0.2, 0) is 10.8 Å². The molecule has 0 fully saturated rings. The van der Waals surface area contributed by atoms with Crippen molar-refractivity contribution in [2.75, 3.05) is 6.54 Å². The topological polar surface area (TPSA) is 54.6 Å². The van der Waals surface area contributed by atoms with Crippen molar-refractivity contribution in [1.82, 2.24) is 5.32 Å². The Morgan fingerprint density at radius 1 is 1.16 bits per heavy atom. The van der Waals surface area contributed by atoms with E-state index in [4.69, 9.17) is 4.42 Å². The Hall–Kier alpha value is -2.37. The van der Waals surface area contributed by atoms with Crippen LogP contribution in [0.1, 0.15) is 68.8 Å². The first-order valence-electron chi connectivity index (χ1n) is 10.9. The first-order valence-corrected chi connectivity index (χ1v) is 11.3. The summed E-state index contributed by atoms with van der Waals surface area (Å²) >= 11 is 4.44. The van der Waals surface area contributed by atoms with E-state index in [1.54, 1.807) is 6.21 Å². The van der Waals surface area contributed by atoms with Crippen molar-refractivity contribution in [3.05, 3.63) is 69.1 Å². The number of thiol groups is 1. The van der Waals surface area contributed by atoms with Crippen molar-refractivity contribution in [3.8, 4) is 0 Å². The quantitative estimate of drug-likeness (QED) is 0.304. The van der Waals surface area contributed by atoms with E-state index >= 15 is 0 Å². The summed E-state index contributed by atoms with van der Waals surface area (Å²) in [6, 6.07) is 12.1. The molecule has 31 heavy (non-hydrogen) atoms. The molecule has 2 heterocycles. The molecule has 1 aromatic heterocycles. The van der Waals surface area contributed by atoms with Crippen molar-refractivity contribution in [3.63, 3.8) is 0 Å². The van der Waals surface area contributed by atoms with Crippen molar-refractivity contribution < 1.29 is 4.42 Å². The number of nitrogens with zero attached hydrogens (tertiary/aromatic N) is 1. The standard InChI is InChI=1S/C26H28N2O2S/c1-25(2)10-9-19-21-17(26(3,4)14-28-19)12-15-11-16(24(29)30-23(15)22(21)25)13-27-18-7-5-6-8-20(18)31/h5-8,11-13,19,28,31H,9-10,14H2,1-4H3. The molecule has 0 spiro atoms. The maximum Gasteiger partial charge on any atom is 0.345 e. The van der Waals surface area contributed by atoms with Gasteiger partial charge in [-0.15, -0.1) is 12.6 Å². The Kier molecular flexibility index (Phi) is 4.68. The minimum Gasteiger partial charge on any atom is -0.422 e. The molecule has 2 aliphatic rings. The molecule has 0 saturated heterocycles. The van der Waals surface area contributed by atoms with Gasteiger partial charge in [-0.3, -0.25) is 4.99 Å². The van der Waals surface area contributed by atoms with Gasteiger partial charge in [0.1, 0.15) is 5.58 Å². The van der Waals surface area contributed by atoms with E-state index in [1.807, 2.05) is 30.3 Å². The van der Waals surface area contributed by atoms with Gasteiger partial charge in [-0.25, -0.2) is 4.79 Å². The van der Waals surface area contributed by atoms with Crippen molar-refractivity contribution in [1.29, 1.82) is 0 Å². The number of hydrogen-bond acceptors (Lipinski definition) is 5. The number of rotatable bonds is 2. The molecule has 3 aromatic rings. The largest absolute Gasteiger partial charge is 0.422 e. The lowest BCUT2D eigenvalue weighted by atomic mass is 9.64. The van der Waals surface area contributed by atoms with Crippen LogP contribution in [0.4, 0.5) is 5.69 Å². The van der Waals surface area contributed by atoms with Crippen molar-refractivity contribution >= 4 is 35.5 Å². The van der Waals surface area contributed by atoms with Crippen LogP contribution in [0.5, 0.6) is 0 Å². The van der Waals surface area contributed by atoms with Crippen LogP contribution < -0.4 is 10.9 Å². The fourth-order valence-electron chi connectivity index (χ4n) is 5.14. The zero-order chi connectivity index (χ0) is 22.0. The molecule has 1 aliphatic heterocycles. The van der Waals surface area contributed by atoms with E-state index in [2.05, 4.69) is 56.7 Å². The van der Waals surface area contributed by atoms with Crippen LogP contribution in [-0.4, -0.2) is 12.8 Å². The number of aliphatic imine (C=N–C) groups is 1. The highest BCUT2D eigenvalue weighted by atomic mass is 32.1. The second kappa shape index (κ2) is 7.07. The zero-order valence-electron chi connectivity index (χ0n) is 18.5. The fourth-order valence-corrected chi connectivity index (χ4v) is 5.36. The SMILES string of the molecule is CC1(C)CNC2CCC(C)(C)c3c2c1cc1cc(C=Nc2ccccc2S)c(=O)oc31. The predicted octanol–water partition coefficient (Wildman–Crippen LogP) is 5.83. The maximum absolute atomic E-state index is 12.9. The molecule has 1 unspecified atom stereocenters. The van der Waals surface area contributed by atoms with Crippen molar-refractivity contribution in [2.24, 2.45) is 4.99 Å². The van der Waals surface area contributed by atoms with Gasteiger partial charge in [-0.2, -0.15) is 0 Å². The lowest BCUT2D eigenvalue weighted by Gasteiger charge is -2.46. The Morgan fingerprint density at radius 2 is 1.94 bits per heavy atom. The average molecular weight is 433 g/mol. The first-order chi connectivity index (χ1) is 14.7. The molecule has 1 N–H and O–H groups in total. The summed E-state index contributed by atoms with van der Waals surface area (Å²) < 4.78 is 5.99. The minimum atomic E-state index is -0.356. The van der Waals surface area contributed by atoms with Crippen LogP contribution in [0.2, 0.25) is 0 Å². The van der Waals surface area contributed by atoms with Gasteiger partial charge in [0.25, 0.3) is 0 Å². The summed E-state index contributed by atoms with van der Waals surface area (Å²) in [6.45, 7) is 10.0. The Bertz CT molecular complexity index is 1280. The number of para-hydroxylation sites is 1. The highest BCUT2D eigenvalue weighted by Crippen LogP contribution is 2.50. The Balaban J connectivity index is 1.74. The molecule has 0 amide bonds. The normalized spacial score (nSPS) is 21.4. The summed E-state index contributed by atoms with van der Waals surface area (Å²) in [4.78, 5) is 18.2. The molecule has 0 bridgehead atoms. The summed E-state index contributed by atoms with van der Waals surface area (Å²) in [5.74, 6) is 0. The number of benzene rings is 2. The van der Waals surface area contributed by atoms with E-state index < -0.39 is 0 Å². The van der Waals surface area contributed by atoms with Crippen LogP contribution in [0.25, 0.3) is 11.0 Å². The van der Waals surface area contributed by atoms with Crippen LogP contribution in [0.15, 0.2) is 55.5 Å². The van der Waals surface area contributed by atoms with E-state index in [9.17, 15) is 4.79 Å². The van der Waals surface area contributed by atoms with E-state index in [0.29, 0.717) is 11.6 Å². The average Bonchev–Trinajstić information content (AvgIpc) is 2.71. The highest BCUT2D eigenvalue weighted by molar-refractivity contribution is 7.80. The smallest absolute Gasteiger partial charge is 0.345 e. The van der Waals surface area contributed by atoms with Gasteiger partial charge in [0, 0.05) is 40.1 Å². The Labute approximate surface area is 188 Å². The van der Waals surface area contributed by atoms with Gasteiger partial charge < -0.3 is 9.73 Å². The van der Waals surface area contributed by atoms with Crippen LogP contribution in [0.3, 0.4) is 0 Å². The maximum atomic E-state index is 12.9. The lowest BCUT2D eigenvalue weighted by Crippen LogP contribution is -2.45. The molecule has 1 atom stereocenters. The Morgan fingerprint density at radius 3 is 2.71 bits per heavy atom. The summed E-state index contributed by atoms with van der Waals surface area (Å²) in [6.07, 6.45) is 3.75. The minimum absolute atomic E-state index is 0.0115. The molecule has 5 heteroatoms. The second-order valence-corrected chi connectivity index (χ2v) is 10.6. The number of nitrogens with one attached hydrogen (secondary N) is 1. The molecule has 160 valence electrons. The first kappa shape index (κ1) is 20.5. The molecular weight excluding hydrogens is 404 g/mol. The molecule has 4 nitrogen and oxygen atoms in total. The van der Waals surface area contributed by atoms with E-state index in [-0.39, 0.29) is 16.5 Å². The summed E-state index contributed by atoms with van der Waals surface area (Å²) in [5, 5.41) is 4.70. The monoisotopic (exact) mass is 432 g/mol. The molecular formula is C26H28N2O2S. The van der Waals surface area contributed by atoms with Crippen LogP contribution in [0, 0.1) is 0 Å². The summed E-state index contributed by atoms with van der Waals surface area (Å²) in [7, 11) is 0. The van der Waals surface area contributed by atoms with E-state index in [1.165, 1.54) is 16.7 Å². The molecule has 5 rings (SSSR count). The predicted molar refractivity (Wildman–Crippen MR) is 129 cm³/mol. The number of hydrogen-bond donors (Lipinski definition) is 2. The van der Waals surface area contributed by atoms with Gasteiger partial charge in [-0.05, 0) is 53.6 Å². The third-order valence-corrected chi connectivity index (χ3v) is 7.30. The van der Waals surface area contributed by atoms with E-state index in [0.717, 1.165) is 40.9 Å². The highest BCUT2D eigenvalue weighted by Gasteiger charge is 2.42. The van der Waals surface area contributed by atoms with Gasteiger partial charge >= 0.3 is 5.63 Å². The zero-order valence-corrected chi connectivity index (χ0v) is 19.3. The third-order valence-electron chi connectivity index (χ3n) is 6.92.